The summed E-state index contributed by atoms with van der Waals surface area (Å²) in [5.74, 6) is 0.322. The highest BCUT2D eigenvalue weighted by Gasteiger charge is 2.40. The molecule has 0 unspecified atom stereocenters. The third-order valence-corrected chi connectivity index (χ3v) is 8.06. The molecular formula is C25H36F3N3O2S. The number of fused-ring (bicyclic) bond motifs is 1. The van der Waals surface area contributed by atoms with Crippen LogP contribution in [0.1, 0.15) is 106 Å². The van der Waals surface area contributed by atoms with E-state index in [-0.39, 0.29) is 30.8 Å². The second kappa shape index (κ2) is 10.0. The fourth-order valence-corrected chi connectivity index (χ4v) is 6.40. The molecule has 5 nitrogen and oxygen atoms in total. The Labute approximate surface area is 201 Å². The summed E-state index contributed by atoms with van der Waals surface area (Å²) in [6.07, 6.45) is -2.47. The Morgan fingerprint density at radius 2 is 1.59 bits per heavy atom. The molecule has 1 aromatic carbocycles. The van der Waals surface area contributed by atoms with Gasteiger partial charge in [0.05, 0.1) is 4.90 Å². The SMILES string of the molecule is CC(C)c1cc(C(C)C)c(S(=O)(=O)NCCCn2nc(C(F)(F)F)c3c2CCC3)c(C(C)C)c1. The van der Waals surface area contributed by atoms with Crippen molar-refractivity contribution in [2.75, 3.05) is 6.54 Å². The van der Waals surface area contributed by atoms with Crippen LogP contribution in [0.5, 0.6) is 0 Å². The van der Waals surface area contributed by atoms with E-state index in [1.807, 2.05) is 39.8 Å². The zero-order valence-electron chi connectivity index (χ0n) is 20.9. The zero-order chi connectivity index (χ0) is 25.4. The summed E-state index contributed by atoms with van der Waals surface area (Å²) >= 11 is 0. The highest BCUT2D eigenvalue weighted by atomic mass is 32.2. The van der Waals surface area contributed by atoms with E-state index in [0.29, 0.717) is 41.8 Å². The third kappa shape index (κ3) is 5.51. The first-order valence-corrected chi connectivity index (χ1v) is 13.6. The number of benzene rings is 1. The molecule has 1 aliphatic carbocycles. The Morgan fingerprint density at radius 1 is 1.00 bits per heavy atom. The predicted molar refractivity (Wildman–Crippen MR) is 128 cm³/mol. The molecule has 0 aliphatic heterocycles. The van der Waals surface area contributed by atoms with Crippen LogP contribution in [-0.4, -0.2) is 24.7 Å². The fraction of sp³-hybridized carbons (Fsp3) is 0.640. The number of hydrogen-bond acceptors (Lipinski definition) is 3. The van der Waals surface area contributed by atoms with Gasteiger partial charge in [0.2, 0.25) is 10.0 Å². The van der Waals surface area contributed by atoms with Gasteiger partial charge in [0, 0.05) is 24.3 Å². The number of rotatable bonds is 9. The summed E-state index contributed by atoms with van der Waals surface area (Å²) < 4.78 is 70.9. The molecule has 1 aromatic heterocycles. The smallest absolute Gasteiger partial charge is 0.269 e. The molecule has 34 heavy (non-hydrogen) atoms. The molecule has 190 valence electrons. The van der Waals surface area contributed by atoms with Crippen LogP contribution in [-0.2, 0) is 35.6 Å². The minimum atomic E-state index is -4.47. The van der Waals surface area contributed by atoms with Gasteiger partial charge in [-0.1, -0.05) is 53.7 Å². The van der Waals surface area contributed by atoms with Gasteiger partial charge in [-0.05, 0) is 60.1 Å². The van der Waals surface area contributed by atoms with Gasteiger partial charge in [0.1, 0.15) is 0 Å². The van der Waals surface area contributed by atoms with Crippen molar-refractivity contribution in [1.29, 1.82) is 0 Å². The number of aryl methyl sites for hydroxylation is 1. The summed E-state index contributed by atoms with van der Waals surface area (Å²) in [5, 5.41) is 3.81. The molecule has 1 heterocycles. The molecule has 3 rings (SSSR count). The van der Waals surface area contributed by atoms with Crippen LogP contribution >= 0.6 is 0 Å². The number of halogens is 3. The van der Waals surface area contributed by atoms with E-state index in [0.717, 1.165) is 16.7 Å². The van der Waals surface area contributed by atoms with Crippen molar-refractivity contribution in [2.24, 2.45) is 0 Å². The molecule has 1 aliphatic rings. The number of alkyl halides is 3. The van der Waals surface area contributed by atoms with Crippen LogP contribution < -0.4 is 4.72 Å². The molecule has 2 aromatic rings. The largest absolute Gasteiger partial charge is 0.435 e. The quantitative estimate of drug-likeness (QED) is 0.422. The van der Waals surface area contributed by atoms with Gasteiger partial charge in [-0.2, -0.15) is 18.3 Å². The van der Waals surface area contributed by atoms with E-state index in [1.165, 1.54) is 4.68 Å². The van der Waals surface area contributed by atoms with E-state index < -0.39 is 21.9 Å². The number of nitrogens with zero attached hydrogens (tertiary/aromatic N) is 2. The molecule has 0 amide bonds. The van der Waals surface area contributed by atoms with Crippen LogP contribution in [0.3, 0.4) is 0 Å². The molecule has 0 saturated heterocycles. The van der Waals surface area contributed by atoms with Gasteiger partial charge in [0.25, 0.3) is 0 Å². The predicted octanol–water partition coefficient (Wildman–Crippen LogP) is 6.13. The van der Waals surface area contributed by atoms with E-state index in [4.69, 9.17) is 0 Å². The maximum atomic E-state index is 13.4. The van der Waals surface area contributed by atoms with Crippen LogP contribution in [0.2, 0.25) is 0 Å². The lowest BCUT2D eigenvalue weighted by Crippen LogP contribution is -2.28. The van der Waals surface area contributed by atoms with E-state index in [2.05, 4.69) is 23.7 Å². The normalized spacial score (nSPS) is 14.6. The lowest BCUT2D eigenvalue weighted by molar-refractivity contribution is -0.142. The lowest BCUT2D eigenvalue weighted by Gasteiger charge is -2.23. The summed E-state index contributed by atoms with van der Waals surface area (Å²) in [6, 6.07) is 3.98. The highest BCUT2D eigenvalue weighted by molar-refractivity contribution is 7.89. The second-order valence-electron chi connectivity index (χ2n) is 10.1. The molecule has 0 saturated carbocycles. The summed E-state index contributed by atoms with van der Waals surface area (Å²) in [5.41, 5.74) is 2.82. The maximum absolute atomic E-state index is 13.4. The Hall–Kier alpha value is -1.87. The molecule has 0 atom stereocenters. The van der Waals surface area contributed by atoms with E-state index in [1.54, 1.807) is 0 Å². The van der Waals surface area contributed by atoms with Crippen molar-refractivity contribution >= 4 is 10.0 Å². The second-order valence-corrected chi connectivity index (χ2v) is 11.8. The first-order chi connectivity index (χ1) is 15.7. The molecule has 0 fully saturated rings. The van der Waals surface area contributed by atoms with Crippen molar-refractivity contribution in [2.45, 2.75) is 103 Å². The first-order valence-electron chi connectivity index (χ1n) is 12.1. The summed E-state index contributed by atoms with van der Waals surface area (Å²) in [6.45, 7) is 12.5. The Morgan fingerprint density at radius 3 is 2.09 bits per heavy atom. The number of hydrogen-bond donors (Lipinski definition) is 1. The van der Waals surface area contributed by atoms with Crippen molar-refractivity contribution in [3.8, 4) is 0 Å². The Balaban J connectivity index is 1.81. The standard InChI is InChI=1S/C25H36F3N3O2S/c1-15(2)18-13-20(16(3)4)23(21(14-18)17(5)6)34(32,33)29-11-8-12-31-22-10-7-9-19(22)24(30-31)25(26,27)28/h13-17,29H,7-12H2,1-6H3. The Kier molecular flexibility index (Phi) is 7.87. The number of aromatic nitrogens is 2. The Bertz CT molecular complexity index is 1100. The molecular weight excluding hydrogens is 463 g/mol. The van der Waals surface area contributed by atoms with Gasteiger partial charge in [-0.3, -0.25) is 4.68 Å². The van der Waals surface area contributed by atoms with E-state index in [9.17, 15) is 21.6 Å². The third-order valence-electron chi connectivity index (χ3n) is 6.46. The topological polar surface area (TPSA) is 64.0 Å². The maximum Gasteiger partial charge on any atom is 0.435 e. The molecule has 0 radical (unpaired) electrons. The van der Waals surface area contributed by atoms with Crippen LogP contribution in [0.4, 0.5) is 13.2 Å². The van der Waals surface area contributed by atoms with Crippen molar-refractivity contribution in [3.05, 3.63) is 45.8 Å². The number of nitrogens with one attached hydrogen (secondary N) is 1. The zero-order valence-corrected chi connectivity index (χ0v) is 21.7. The van der Waals surface area contributed by atoms with Crippen LogP contribution in [0.15, 0.2) is 17.0 Å². The van der Waals surface area contributed by atoms with Crippen molar-refractivity contribution < 1.29 is 21.6 Å². The summed E-state index contributed by atoms with van der Waals surface area (Å²) in [7, 11) is -3.80. The highest BCUT2D eigenvalue weighted by Crippen LogP contribution is 2.37. The van der Waals surface area contributed by atoms with Gasteiger partial charge < -0.3 is 0 Å². The average molecular weight is 500 g/mol. The van der Waals surface area contributed by atoms with Gasteiger partial charge >= 0.3 is 6.18 Å². The minimum Gasteiger partial charge on any atom is -0.269 e. The van der Waals surface area contributed by atoms with Crippen LogP contribution in [0, 0.1) is 0 Å². The molecule has 0 bridgehead atoms. The monoisotopic (exact) mass is 499 g/mol. The fourth-order valence-electron chi connectivity index (χ4n) is 4.63. The lowest BCUT2D eigenvalue weighted by atomic mass is 9.89. The summed E-state index contributed by atoms with van der Waals surface area (Å²) in [4.78, 5) is 0.334. The van der Waals surface area contributed by atoms with E-state index >= 15 is 0 Å². The van der Waals surface area contributed by atoms with Crippen molar-refractivity contribution in [3.63, 3.8) is 0 Å². The number of sulfonamides is 1. The molecule has 1 N–H and O–H groups in total. The minimum absolute atomic E-state index is 0.0234. The van der Waals surface area contributed by atoms with Gasteiger partial charge in [-0.15, -0.1) is 0 Å². The van der Waals surface area contributed by atoms with Gasteiger partial charge in [-0.25, -0.2) is 13.1 Å². The molecule has 0 spiro atoms. The van der Waals surface area contributed by atoms with Crippen molar-refractivity contribution in [1.82, 2.24) is 14.5 Å². The molecule has 9 heteroatoms. The average Bonchev–Trinajstić information content (AvgIpc) is 3.32. The van der Waals surface area contributed by atoms with Gasteiger partial charge in [0.15, 0.2) is 5.69 Å². The van der Waals surface area contributed by atoms with Crippen LogP contribution in [0.25, 0.3) is 0 Å². The first kappa shape index (κ1) is 26.7.